The van der Waals surface area contributed by atoms with Gasteiger partial charge < -0.3 is 10.6 Å². The van der Waals surface area contributed by atoms with Crippen LogP contribution in [0.15, 0.2) is 66.0 Å². The van der Waals surface area contributed by atoms with E-state index >= 15 is 0 Å². The molecule has 3 aromatic rings. The average molecular weight is 422 g/mol. The van der Waals surface area contributed by atoms with E-state index in [0.717, 1.165) is 25.2 Å². The quantitative estimate of drug-likeness (QED) is 0.523. The Morgan fingerprint density at radius 2 is 1.53 bits per heavy atom. The second-order valence-corrected chi connectivity index (χ2v) is 7.92. The minimum absolute atomic E-state index is 0.140. The Morgan fingerprint density at radius 3 is 2.13 bits per heavy atom. The Bertz CT molecular complexity index is 947. The number of benzene rings is 2. The predicted octanol–water partition coefficient (Wildman–Crippen LogP) is 4.77. The molecule has 2 N–H and O–H groups in total. The van der Waals surface area contributed by atoms with Gasteiger partial charge in [-0.05, 0) is 59.9 Å². The highest BCUT2D eigenvalue weighted by molar-refractivity contribution is 7.12. The van der Waals surface area contributed by atoms with Gasteiger partial charge in [0.05, 0.1) is 4.88 Å². The van der Waals surface area contributed by atoms with E-state index in [1.54, 1.807) is 30.3 Å². The van der Waals surface area contributed by atoms with E-state index in [-0.39, 0.29) is 11.8 Å². The van der Waals surface area contributed by atoms with Gasteiger partial charge in [0.25, 0.3) is 11.8 Å². The maximum absolute atomic E-state index is 12.4. The second-order valence-electron chi connectivity index (χ2n) is 6.97. The first-order valence-corrected chi connectivity index (χ1v) is 11.0. The van der Waals surface area contributed by atoms with E-state index in [4.69, 9.17) is 0 Å². The van der Waals surface area contributed by atoms with Gasteiger partial charge in [0.15, 0.2) is 0 Å². The van der Waals surface area contributed by atoms with Crippen LogP contribution in [0.25, 0.3) is 0 Å². The number of rotatable bonds is 9. The molecule has 1 heterocycles. The Kier molecular flexibility index (Phi) is 7.76. The van der Waals surface area contributed by atoms with Gasteiger partial charge in [-0.25, -0.2) is 0 Å². The highest BCUT2D eigenvalue weighted by atomic mass is 32.1. The molecule has 0 aliphatic heterocycles. The molecule has 0 atom stereocenters. The van der Waals surface area contributed by atoms with Crippen LogP contribution >= 0.6 is 11.3 Å². The number of hydrogen-bond donors (Lipinski definition) is 2. The summed E-state index contributed by atoms with van der Waals surface area (Å²) in [5, 5.41) is 7.64. The number of thiophene rings is 1. The van der Waals surface area contributed by atoms with E-state index in [0.29, 0.717) is 22.7 Å². The van der Waals surface area contributed by atoms with Gasteiger partial charge in [-0.2, -0.15) is 0 Å². The van der Waals surface area contributed by atoms with Crippen molar-refractivity contribution in [3.63, 3.8) is 0 Å². The van der Waals surface area contributed by atoms with Crippen LogP contribution in [0.3, 0.4) is 0 Å². The Balaban J connectivity index is 1.50. The Hall–Kier alpha value is -2.96. The summed E-state index contributed by atoms with van der Waals surface area (Å²) in [5.74, 6) is -0.287. The van der Waals surface area contributed by atoms with Crippen LogP contribution in [-0.4, -0.2) is 29.8 Å². The fraction of sp³-hybridized carbons (Fsp3) is 0.250. The highest BCUT2D eigenvalue weighted by Crippen LogP contribution is 2.14. The molecule has 0 saturated carbocycles. The number of amides is 2. The summed E-state index contributed by atoms with van der Waals surface area (Å²) in [4.78, 5) is 27.5. The monoisotopic (exact) mass is 421 g/mol. The van der Waals surface area contributed by atoms with Crippen LogP contribution in [0.4, 0.5) is 5.69 Å². The zero-order valence-electron chi connectivity index (χ0n) is 17.4. The number of anilines is 1. The van der Waals surface area contributed by atoms with Gasteiger partial charge >= 0.3 is 0 Å². The summed E-state index contributed by atoms with van der Waals surface area (Å²) in [6.45, 7) is 7.81. The molecule has 2 amide bonds. The first kappa shape index (κ1) is 21.7. The molecule has 5 nitrogen and oxygen atoms in total. The Labute approximate surface area is 181 Å². The third-order valence-electron chi connectivity index (χ3n) is 4.93. The summed E-state index contributed by atoms with van der Waals surface area (Å²) in [7, 11) is 0. The molecule has 0 aliphatic carbocycles. The number of carbonyl (C=O) groups excluding carboxylic acids is 2. The first-order chi connectivity index (χ1) is 14.6. The lowest BCUT2D eigenvalue weighted by molar-refractivity contribution is 0.0950. The van der Waals surface area contributed by atoms with E-state index in [1.165, 1.54) is 16.9 Å². The molecule has 0 bridgehead atoms. The van der Waals surface area contributed by atoms with Crippen molar-refractivity contribution in [3.05, 3.63) is 87.6 Å². The molecule has 1 aromatic heterocycles. The molecular weight excluding hydrogens is 394 g/mol. The lowest BCUT2D eigenvalue weighted by atomic mass is 10.1. The van der Waals surface area contributed by atoms with Gasteiger partial charge in [0.2, 0.25) is 0 Å². The van der Waals surface area contributed by atoms with Gasteiger partial charge in [0.1, 0.15) is 0 Å². The number of nitrogens with zero attached hydrogens (tertiary/aromatic N) is 1. The molecular formula is C24H27N3O2S. The van der Waals surface area contributed by atoms with Gasteiger partial charge in [-0.15, -0.1) is 11.3 Å². The van der Waals surface area contributed by atoms with Crippen LogP contribution in [0.5, 0.6) is 0 Å². The number of nitrogens with one attached hydrogen (secondary N) is 2. The lowest BCUT2D eigenvalue weighted by Crippen LogP contribution is -2.23. The van der Waals surface area contributed by atoms with Crippen LogP contribution in [-0.2, 0) is 13.1 Å². The zero-order valence-corrected chi connectivity index (χ0v) is 18.2. The van der Waals surface area contributed by atoms with Gasteiger partial charge in [-0.3, -0.25) is 14.5 Å². The average Bonchev–Trinajstić information content (AvgIpc) is 3.32. The van der Waals surface area contributed by atoms with Gasteiger partial charge in [-0.1, -0.05) is 44.2 Å². The summed E-state index contributed by atoms with van der Waals surface area (Å²) >= 11 is 1.39. The standard InChI is InChI=1S/C24H27N3O2S/c1-3-27(4-2)17-19-9-7-18(8-10-19)16-25-23(28)20-11-13-21(14-12-20)26-24(29)22-6-5-15-30-22/h5-15H,3-4,16-17H2,1-2H3,(H,25,28)(H,26,29). The van der Waals surface area contributed by atoms with Crippen molar-refractivity contribution in [2.45, 2.75) is 26.9 Å². The summed E-state index contributed by atoms with van der Waals surface area (Å²) in [6, 6.07) is 18.9. The largest absolute Gasteiger partial charge is 0.348 e. The van der Waals surface area contributed by atoms with Crippen molar-refractivity contribution < 1.29 is 9.59 Å². The topological polar surface area (TPSA) is 61.4 Å². The maximum atomic E-state index is 12.4. The minimum atomic E-state index is -0.147. The van der Waals surface area contributed by atoms with E-state index in [1.807, 2.05) is 11.4 Å². The molecule has 6 heteroatoms. The fourth-order valence-corrected chi connectivity index (χ4v) is 3.68. The third-order valence-corrected chi connectivity index (χ3v) is 5.80. The van der Waals surface area contributed by atoms with Crippen molar-refractivity contribution in [2.75, 3.05) is 18.4 Å². The van der Waals surface area contributed by atoms with E-state index < -0.39 is 0 Å². The second kappa shape index (κ2) is 10.7. The fourth-order valence-electron chi connectivity index (χ4n) is 3.06. The van der Waals surface area contributed by atoms with Crippen LogP contribution in [0.1, 0.15) is 45.0 Å². The molecule has 0 saturated heterocycles. The highest BCUT2D eigenvalue weighted by Gasteiger charge is 2.09. The summed E-state index contributed by atoms with van der Waals surface area (Å²) in [5.41, 5.74) is 3.55. The number of hydrogen-bond acceptors (Lipinski definition) is 4. The zero-order chi connectivity index (χ0) is 21.3. The summed E-state index contributed by atoms with van der Waals surface area (Å²) < 4.78 is 0. The van der Waals surface area contributed by atoms with Crippen molar-refractivity contribution in [3.8, 4) is 0 Å². The van der Waals surface area contributed by atoms with Crippen molar-refractivity contribution in [1.29, 1.82) is 0 Å². The van der Waals surface area contributed by atoms with Crippen molar-refractivity contribution in [2.24, 2.45) is 0 Å². The SMILES string of the molecule is CCN(CC)Cc1ccc(CNC(=O)c2ccc(NC(=O)c3cccs3)cc2)cc1. The van der Waals surface area contributed by atoms with Crippen molar-refractivity contribution >= 4 is 28.8 Å². The molecule has 3 rings (SSSR count). The van der Waals surface area contributed by atoms with E-state index in [2.05, 4.69) is 53.6 Å². The van der Waals surface area contributed by atoms with Crippen LogP contribution < -0.4 is 10.6 Å². The Morgan fingerprint density at radius 1 is 0.867 bits per heavy atom. The van der Waals surface area contributed by atoms with Crippen molar-refractivity contribution in [1.82, 2.24) is 10.2 Å². The minimum Gasteiger partial charge on any atom is -0.348 e. The van der Waals surface area contributed by atoms with Crippen LogP contribution in [0.2, 0.25) is 0 Å². The van der Waals surface area contributed by atoms with Gasteiger partial charge in [0, 0.05) is 24.3 Å². The normalized spacial score (nSPS) is 10.8. The third kappa shape index (κ3) is 6.02. The van der Waals surface area contributed by atoms with E-state index in [9.17, 15) is 9.59 Å². The first-order valence-electron chi connectivity index (χ1n) is 10.1. The molecule has 0 unspecified atom stereocenters. The molecule has 0 spiro atoms. The smallest absolute Gasteiger partial charge is 0.265 e. The predicted molar refractivity (Wildman–Crippen MR) is 123 cm³/mol. The molecule has 0 aliphatic rings. The summed E-state index contributed by atoms with van der Waals surface area (Å²) in [6.07, 6.45) is 0. The molecule has 0 radical (unpaired) electrons. The number of carbonyl (C=O) groups is 2. The molecule has 0 fully saturated rings. The molecule has 30 heavy (non-hydrogen) atoms. The van der Waals surface area contributed by atoms with Crippen LogP contribution in [0, 0.1) is 0 Å². The molecule has 2 aromatic carbocycles. The lowest BCUT2D eigenvalue weighted by Gasteiger charge is -2.18. The molecule has 156 valence electrons. The maximum Gasteiger partial charge on any atom is 0.265 e.